The summed E-state index contributed by atoms with van der Waals surface area (Å²) in [4.78, 5) is 29.2. The van der Waals surface area contributed by atoms with Crippen molar-refractivity contribution in [2.75, 3.05) is 24.9 Å². The second-order valence-electron chi connectivity index (χ2n) is 6.34. The minimum atomic E-state index is -0.355. The molecule has 0 spiro atoms. The van der Waals surface area contributed by atoms with Crippen molar-refractivity contribution in [1.29, 1.82) is 0 Å². The third-order valence-corrected chi connectivity index (χ3v) is 5.49. The third kappa shape index (κ3) is 5.28. The Morgan fingerprint density at radius 3 is 2.47 bits per heavy atom. The van der Waals surface area contributed by atoms with Crippen LogP contribution in [0.5, 0.6) is 11.5 Å². The Kier molecular flexibility index (Phi) is 6.91. The van der Waals surface area contributed by atoms with Gasteiger partial charge in [0, 0.05) is 27.7 Å². The number of thiazole rings is 1. The highest BCUT2D eigenvalue weighted by Gasteiger charge is 2.14. The van der Waals surface area contributed by atoms with E-state index in [1.165, 1.54) is 25.6 Å². The number of amides is 2. The molecular weight excluding hydrogens is 426 g/mol. The molecule has 3 aromatic rings. The molecular formula is C21H20ClN3O4S. The summed E-state index contributed by atoms with van der Waals surface area (Å²) in [5.74, 6) is 0.438. The zero-order valence-electron chi connectivity index (χ0n) is 16.6. The van der Waals surface area contributed by atoms with Gasteiger partial charge in [0.25, 0.3) is 5.91 Å². The number of halogens is 1. The third-order valence-electron chi connectivity index (χ3n) is 4.27. The molecule has 1 heterocycles. The lowest BCUT2D eigenvalue weighted by Gasteiger charge is -2.09. The highest BCUT2D eigenvalue weighted by Crippen LogP contribution is 2.25. The summed E-state index contributed by atoms with van der Waals surface area (Å²) in [5, 5.41) is 8.26. The van der Waals surface area contributed by atoms with E-state index in [-0.39, 0.29) is 18.2 Å². The fraction of sp³-hybridized carbons (Fsp3) is 0.190. The van der Waals surface area contributed by atoms with Crippen molar-refractivity contribution in [2.24, 2.45) is 0 Å². The Morgan fingerprint density at radius 1 is 1.10 bits per heavy atom. The molecule has 0 radical (unpaired) electrons. The molecule has 2 amide bonds. The zero-order valence-corrected chi connectivity index (χ0v) is 18.2. The highest BCUT2D eigenvalue weighted by molar-refractivity contribution is 7.14. The first kappa shape index (κ1) is 21.6. The van der Waals surface area contributed by atoms with E-state index in [9.17, 15) is 9.59 Å². The quantitative estimate of drug-likeness (QED) is 0.556. The molecule has 0 saturated carbocycles. The Morgan fingerprint density at radius 2 is 1.80 bits per heavy atom. The Balaban J connectivity index is 1.64. The maximum atomic E-state index is 12.5. The zero-order chi connectivity index (χ0) is 21.7. The molecule has 0 aliphatic heterocycles. The van der Waals surface area contributed by atoms with E-state index in [0.717, 1.165) is 5.56 Å². The number of methoxy groups -OCH3 is 2. The van der Waals surface area contributed by atoms with Crippen molar-refractivity contribution >= 4 is 45.6 Å². The summed E-state index contributed by atoms with van der Waals surface area (Å²) < 4.78 is 10.4. The van der Waals surface area contributed by atoms with Crippen LogP contribution in [0.1, 0.15) is 21.6 Å². The van der Waals surface area contributed by atoms with E-state index in [1.54, 1.807) is 41.8 Å². The second-order valence-corrected chi connectivity index (χ2v) is 7.60. The lowest BCUT2D eigenvalue weighted by molar-refractivity contribution is -0.115. The summed E-state index contributed by atoms with van der Waals surface area (Å²) >= 11 is 7.32. The minimum Gasteiger partial charge on any atom is -0.497 e. The van der Waals surface area contributed by atoms with Gasteiger partial charge in [0.1, 0.15) is 11.5 Å². The Labute approximate surface area is 183 Å². The number of ether oxygens (including phenoxy) is 2. The standard InChI is InChI=1S/C21H20ClN3O4S/c1-12-17(22)5-4-6-18(12)24-19(26)9-14-11-30-21(23-14)25-20(27)13-7-15(28-2)10-16(8-13)29-3/h4-8,10-11H,9H2,1-3H3,(H,24,26)(H,23,25,27). The maximum absolute atomic E-state index is 12.5. The van der Waals surface area contributed by atoms with Crippen molar-refractivity contribution in [3.63, 3.8) is 0 Å². The summed E-state index contributed by atoms with van der Waals surface area (Å²) in [6.07, 6.45) is 0.0747. The number of aromatic nitrogens is 1. The molecule has 2 N–H and O–H groups in total. The minimum absolute atomic E-state index is 0.0747. The van der Waals surface area contributed by atoms with Gasteiger partial charge in [-0.15, -0.1) is 11.3 Å². The Hall–Kier alpha value is -3.10. The van der Waals surface area contributed by atoms with Gasteiger partial charge in [-0.2, -0.15) is 0 Å². The largest absolute Gasteiger partial charge is 0.497 e. The van der Waals surface area contributed by atoms with Gasteiger partial charge in [0.15, 0.2) is 5.13 Å². The SMILES string of the molecule is COc1cc(OC)cc(C(=O)Nc2nc(CC(=O)Nc3cccc(Cl)c3C)cs2)c1. The van der Waals surface area contributed by atoms with Gasteiger partial charge >= 0.3 is 0 Å². The number of rotatable bonds is 7. The topological polar surface area (TPSA) is 89.6 Å². The number of carbonyl (C=O) groups is 2. The molecule has 0 unspecified atom stereocenters. The molecule has 0 aliphatic rings. The van der Waals surface area contributed by atoms with Gasteiger partial charge in [0.05, 0.1) is 26.3 Å². The fourth-order valence-corrected chi connectivity index (χ4v) is 3.54. The van der Waals surface area contributed by atoms with Crippen molar-refractivity contribution < 1.29 is 19.1 Å². The number of anilines is 2. The molecule has 0 fully saturated rings. The van der Waals surface area contributed by atoms with Crippen molar-refractivity contribution in [1.82, 2.24) is 4.98 Å². The first-order valence-corrected chi connectivity index (χ1v) is 10.2. The summed E-state index contributed by atoms with van der Waals surface area (Å²) in [5.41, 5.74) is 2.38. The van der Waals surface area contributed by atoms with Crippen LogP contribution < -0.4 is 20.1 Å². The highest BCUT2D eigenvalue weighted by atomic mass is 35.5. The van der Waals surface area contributed by atoms with Gasteiger partial charge in [0.2, 0.25) is 5.91 Å². The predicted octanol–water partition coefficient (Wildman–Crippen LogP) is 4.56. The predicted molar refractivity (Wildman–Crippen MR) is 118 cm³/mol. The molecule has 3 rings (SSSR count). The number of carbonyl (C=O) groups excluding carboxylic acids is 2. The summed E-state index contributed by atoms with van der Waals surface area (Å²) in [7, 11) is 3.03. The first-order chi connectivity index (χ1) is 14.4. The van der Waals surface area contributed by atoms with Gasteiger partial charge in [-0.25, -0.2) is 4.98 Å². The van der Waals surface area contributed by atoms with Crippen molar-refractivity contribution in [3.05, 3.63) is 63.6 Å². The van der Waals surface area contributed by atoms with E-state index in [0.29, 0.717) is 38.6 Å². The number of hydrogen-bond donors (Lipinski definition) is 2. The first-order valence-electron chi connectivity index (χ1n) is 8.93. The molecule has 1 aromatic heterocycles. The maximum Gasteiger partial charge on any atom is 0.257 e. The fourth-order valence-electron chi connectivity index (χ4n) is 2.66. The monoisotopic (exact) mass is 445 g/mol. The van der Waals surface area contributed by atoms with Crippen LogP contribution in [0.4, 0.5) is 10.8 Å². The molecule has 0 aliphatic carbocycles. The molecule has 9 heteroatoms. The van der Waals surface area contributed by atoms with Crippen molar-refractivity contribution in [2.45, 2.75) is 13.3 Å². The second kappa shape index (κ2) is 9.60. The summed E-state index contributed by atoms with van der Waals surface area (Å²) in [6, 6.07) is 10.2. The normalized spacial score (nSPS) is 10.4. The Bertz CT molecular complexity index is 1060. The average molecular weight is 446 g/mol. The van der Waals surface area contributed by atoms with Gasteiger partial charge in [-0.05, 0) is 36.8 Å². The van der Waals surface area contributed by atoms with E-state index >= 15 is 0 Å². The molecule has 2 aromatic carbocycles. The molecule has 0 saturated heterocycles. The van der Waals surface area contributed by atoms with Gasteiger partial charge in [-0.1, -0.05) is 17.7 Å². The van der Waals surface area contributed by atoms with Crippen LogP contribution in [0.3, 0.4) is 0 Å². The van der Waals surface area contributed by atoms with Crippen LogP contribution >= 0.6 is 22.9 Å². The van der Waals surface area contributed by atoms with Crippen LogP contribution in [-0.2, 0) is 11.2 Å². The average Bonchev–Trinajstić information content (AvgIpc) is 3.17. The van der Waals surface area contributed by atoms with Crippen LogP contribution in [0.2, 0.25) is 5.02 Å². The van der Waals surface area contributed by atoms with E-state index < -0.39 is 0 Å². The van der Waals surface area contributed by atoms with Crippen LogP contribution in [0, 0.1) is 6.92 Å². The number of hydrogen-bond acceptors (Lipinski definition) is 6. The van der Waals surface area contributed by atoms with Crippen LogP contribution in [0.25, 0.3) is 0 Å². The smallest absolute Gasteiger partial charge is 0.257 e. The van der Waals surface area contributed by atoms with Crippen LogP contribution in [-0.4, -0.2) is 31.0 Å². The number of nitrogens with zero attached hydrogens (tertiary/aromatic N) is 1. The molecule has 7 nitrogen and oxygen atoms in total. The van der Waals surface area contributed by atoms with Crippen molar-refractivity contribution in [3.8, 4) is 11.5 Å². The molecule has 0 bridgehead atoms. The lowest BCUT2D eigenvalue weighted by atomic mass is 10.2. The summed E-state index contributed by atoms with van der Waals surface area (Å²) in [6.45, 7) is 1.84. The molecule has 0 atom stereocenters. The number of benzene rings is 2. The van der Waals surface area contributed by atoms with E-state index in [1.807, 2.05) is 6.92 Å². The van der Waals surface area contributed by atoms with E-state index in [4.69, 9.17) is 21.1 Å². The van der Waals surface area contributed by atoms with Crippen LogP contribution in [0.15, 0.2) is 41.8 Å². The van der Waals surface area contributed by atoms with Gasteiger partial charge < -0.3 is 14.8 Å². The van der Waals surface area contributed by atoms with E-state index in [2.05, 4.69) is 15.6 Å². The molecule has 156 valence electrons. The number of nitrogens with one attached hydrogen (secondary N) is 2. The lowest BCUT2D eigenvalue weighted by Crippen LogP contribution is -2.16. The van der Waals surface area contributed by atoms with Gasteiger partial charge in [-0.3, -0.25) is 14.9 Å². The molecule has 30 heavy (non-hydrogen) atoms.